The molecule has 2 aromatic rings. The van der Waals surface area contributed by atoms with E-state index in [1.165, 1.54) is 12.3 Å². The number of hydrogen-bond acceptors (Lipinski definition) is 6. The van der Waals surface area contributed by atoms with Crippen molar-refractivity contribution in [3.05, 3.63) is 51.7 Å². The molecule has 8 heteroatoms. The van der Waals surface area contributed by atoms with E-state index in [2.05, 4.69) is 20.5 Å². The molecule has 0 aliphatic rings. The van der Waals surface area contributed by atoms with Gasteiger partial charge in [-0.1, -0.05) is 13.0 Å². The van der Waals surface area contributed by atoms with Crippen LogP contribution in [-0.4, -0.2) is 35.8 Å². The number of benzene rings is 1. The maximum atomic E-state index is 12.0. The molecule has 0 bridgehead atoms. The first-order valence-electron chi connectivity index (χ1n) is 7.76. The zero-order valence-corrected chi connectivity index (χ0v) is 14.3. The number of aryl methyl sites for hydroxylation is 1. The van der Waals surface area contributed by atoms with Crippen LogP contribution in [-0.2, 0) is 0 Å². The summed E-state index contributed by atoms with van der Waals surface area (Å²) in [6.07, 6.45) is 2.30. The Labute approximate surface area is 144 Å². The third-order valence-corrected chi connectivity index (χ3v) is 3.16. The topological polar surface area (TPSA) is 106 Å². The smallest absolute Gasteiger partial charge is 0.345 e. The van der Waals surface area contributed by atoms with Gasteiger partial charge in [0.15, 0.2) is 11.5 Å². The van der Waals surface area contributed by atoms with Gasteiger partial charge < -0.3 is 14.5 Å². The Balaban J connectivity index is 2.16. The molecule has 0 aliphatic heterocycles. The molecule has 132 valence electrons. The molecule has 0 saturated carbocycles. The van der Waals surface area contributed by atoms with E-state index in [1.54, 1.807) is 32.2 Å². The number of methoxy groups -OCH3 is 1. The van der Waals surface area contributed by atoms with Crippen LogP contribution in [0.5, 0.6) is 11.5 Å². The van der Waals surface area contributed by atoms with Gasteiger partial charge in [-0.25, -0.2) is 10.2 Å². The van der Waals surface area contributed by atoms with Gasteiger partial charge in [-0.15, -0.1) is 0 Å². The second-order valence-corrected chi connectivity index (χ2v) is 5.18. The monoisotopic (exact) mass is 344 g/mol. The lowest BCUT2D eigenvalue weighted by atomic mass is 10.2. The first-order valence-corrected chi connectivity index (χ1v) is 7.76. The first-order chi connectivity index (χ1) is 12.0. The fraction of sp³-hybridized carbons (Fsp3) is 0.294. The highest BCUT2D eigenvalue weighted by Gasteiger charge is 2.10. The van der Waals surface area contributed by atoms with Gasteiger partial charge in [-0.3, -0.25) is 4.79 Å². The van der Waals surface area contributed by atoms with Crippen molar-refractivity contribution in [3.63, 3.8) is 0 Å². The van der Waals surface area contributed by atoms with Crippen LogP contribution in [0.15, 0.2) is 34.2 Å². The molecule has 0 atom stereocenters. The lowest BCUT2D eigenvalue weighted by Crippen LogP contribution is -2.24. The molecule has 2 N–H and O–H groups in total. The number of para-hydroxylation sites is 1. The Morgan fingerprint density at radius 2 is 2.24 bits per heavy atom. The largest absolute Gasteiger partial charge is 0.493 e. The summed E-state index contributed by atoms with van der Waals surface area (Å²) in [6.45, 7) is 4.19. The number of nitrogens with one attached hydrogen (secondary N) is 2. The van der Waals surface area contributed by atoms with Crippen molar-refractivity contribution < 1.29 is 14.3 Å². The molecular weight excluding hydrogens is 324 g/mol. The molecule has 0 saturated heterocycles. The predicted molar refractivity (Wildman–Crippen MR) is 93.4 cm³/mol. The zero-order valence-electron chi connectivity index (χ0n) is 14.3. The number of aromatic amines is 1. The molecule has 0 aliphatic carbocycles. The maximum Gasteiger partial charge on any atom is 0.345 e. The number of hydrazone groups is 1. The SMILES string of the molecule is CCCOc1c(/C=N/NC(=O)c2cc(C)[nH]c(=O)n2)cccc1OC. The van der Waals surface area contributed by atoms with Crippen molar-refractivity contribution in [3.8, 4) is 11.5 Å². The van der Waals surface area contributed by atoms with Gasteiger partial charge in [0.05, 0.1) is 19.9 Å². The number of nitrogens with zero attached hydrogens (tertiary/aromatic N) is 2. The molecule has 25 heavy (non-hydrogen) atoms. The summed E-state index contributed by atoms with van der Waals surface area (Å²) in [6, 6.07) is 6.83. The average molecular weight is 344 g/mol. The van der Waals surface area contributed by atoms with Gasteiger partial charge in [-0.05, 0) is 31.5 Å². The van der Waals surface area contributed by atoms with Crippen LogP contribution in [0.3, 0.4) is 0 Å². The highest BCUT2D eigenvalue weighted by atomic mass is 16.5. The van der Waals surface area contributed by atoms with Gasteiger partial charge in [0.25, 0.3) is 5.91 Å². The zero-order chi connectivity index (χ0) is 18.2. The number of H-pyrrole nitrogens is 1. The van der Waals surface area contributed by atoms with Crippen molar-refractivity contribution in [1.82, 2.24) is 15.4 Å². The first kappa shape index (κ1) is 18.2. The summed E-state index contributed by atoms with van der Waals surface area (Å²) >= 11 is 0. The van der Waals surface area contributed by atoms with E-state index in [-0.39, 0.29) is 5.69 Å². The van der Waals surface area contributed by atoms with E-state index >= 15 is 0 Å². The third kappa shape index (κ3) is 4.90. The van der Waals surface area contributed by atoms with Crippen molar-refractivity contribution in [1.29, 1.82) is 0 Å². The number of ether oxygens (including phenoxy) is 2. The van der Waals surface area contributed by atoms with Gasteiger partial charge in [0, 0.05) is 11.3 Å². The average Bonchev–Trinajstić information content (AvgIpc) is 2.59. The minimum absolute atomic E-state index is 0.00787. The van der Waals surface area contributed by atoms with Gasteiger partial charge in [-0.2, -0.15) is 10.1 Å². The molecule has 1 heterocycles. The summed E-state index contributed by atoms with van der Waals surface area (Å²) in [7, 11) is 1.55. The normalized spacial score (nSPS) is 10.7. The number of amides is 1. The highest BCUT2D eigenvalue weighted by molar-refractivity contribution is 5.93. The number of rotatable bonds is 7. The van der Waals surface area contributed by atoms with Gasteiger partial charge >= 0.3 is 5.69 Å². The molecule has 0 unspecified atom stereocenters. The van der Waals surface area contributed by atoms with Crippen LogP contribution in [0.4, 0.5) is 0 Å². The molecule has 8 nitrogen and oxygen atoms in total. The lowest BCUT2D eigenvalue weighted by molar-refractivity contribution is 0.0949. The van der Waals surface area contributed by atoms with E-state index in [0.29, 0.717) is 29.4 Å². The molecule has 0 radical (unpaired) electrons. The van der Waals surface area contributed by atoms with E-state index in [9.17, 15) is 9.59 Å². The Hall–Kier alpha value is -3.16. The summed E-state index contributed by atoms with van der Waals surface area (Å²) < 4.78 is 11.0. The van der Waals surface area contributed by atoms with Crippen LogP contribution in [0.1, 0.15) is 35.1 Å². The molecule has 1 aromatic heterocycles. The van der Waals surface area contributed by atoms with E-state index in [0.717, 1.165) is 6.42 Å². The lowest BCUT2D eigenvalue weighted by Gasteiger charge is -2.12. The minimum atomic E-state index is -0.586. The number of carbonyl (C=O) groups excluding carboxylic acids is 1. The molecule has 2 rings (SSSR count). The highest BCUT2D eigenvalue weighted by Crippen LogP contribution is 2.30. The Morgan fingerprint density at radius 3 is 2.92 bits per heavy atom. The second-order valence-electron chi connectivity index (χ2n) is 5.18. The predicted octanol–water partition coefficient (Wildman–Crippen LogP) is 1.64. The van der Waals surface area contributed by atoms with E-state index < -0.39 is 11.6 Å². The Bertz CT molecular complexity index is 830. The van der Waals surface area contributed by atoms with Gasteiger partial charge in [0.2, 0.25) is 0 Å². The van der Waals surface area contributed by atoms with Crippen LogP contribution in [0.25, 0.3) is 0 Å². The van der Waals surface area contributed by atoms with Crippen LogP contribution in [0.2, 0.25) is 0 Å². The van der Waals surface area contributed by atoms with E-state index in [4.69, 9.17) is 9.47 Å². The molecule has 1 amide bonds. The molecule has 0 fully saturated rings. The number of aromatic nitrogens is 2. The molecule has 0 spiro atoms. The minimum Gasteiger partial charge on any atom is -0.493 e. The second kappa shape index (κ2) is 8.62. The fourth-order valence-corrected chi connectivity index (χ4v) is 2.07. The summed E-state index contributed by atoms with van der Waals surface area (Å²) in [5.41, 5.74) is 2.94. The van der Waals surface area contributed by atoms with Crippen molar-refractivity contribution in [2.45, 2.75) is 20.3 Å². The number of hydrogen-bond donors (Lipinski definition) is 2. The quantitative estimate of drug-likeness (QED) is 0.587. The molecule has 1 aromatic carbocycles. The fourth-order valence-electron chi connectivity index (χ4n) is 2.07. The van der Waals surface area contributed by atoms with Crippen LogP contribution >= 0.6 is 0 Å². The summed E-state index contributed by atoms with van der Waals surface area (Å²) in [5.74, 6) is 0.551. The van der Waals surface area contributed by atoms with Crippen LogP contribution in [0, 0.1) is 6.92 Å². The van der Waals surface area contributed by atoms with Gasteiger partial charge in [0.1, 0.15) is 5.69 Å². The van der Waals surface area contributed by atoms with Crippen molar-refractivity contribution in [2.24, 2.45) is 5.10 Å². The summed E-state index contributed by atoms with van der Waals surface area (Å²) in [5, 5.41) is 3.91. The van der Waals surface area contributed by atoms with E-state index in [1.807, 2.05) is 6.92 Å². The third-order valence-electron chi connectivity index (χ3n) is 3.16. The maximum absolute atomic E-state index is 12.0. The molecular formula is C17H20N4O4. The van der Waals surface area contributed by atoms with Crippen LogP contribution < -0.4 is 20.6 Å². The van der Waals surface area contributed by atoms with Crippen molar-refractivity contribution in [2.75, 3.05) is 13.7 Å². The summed E-state index contributed by atoms with van der Waals surface area (Å²) in [4.78, 5) is 29.4. The Morgan fingerprint density at radius 1 is 1.44 bits per heavy atom. The standard InChI is InChI=1S/C17H20N4O4/c1-4-8-25-15-12(6-5-7-14(15)24-3)10-18-21-16(22)13-9-11(2)19-17(23)20-13/h5-7,9-10H,4,8H2,1-3H3,(H,21,22)(H,19,20,23)/b18-10+. The number of carbonyl (C=O) groups is 1. The van der Waals surface area contributed by atoms with Crippen molar-refractivity contribution >= 4 is 12.1 Å². The Kier molecular flexibility index (Phi) is 6.27.